The summed E-state index contributed by atoms with van der Waals surface area (Å²) in [7, 11) is 6.04. The van der Waals surface area contributed by atoms with Gasteiger partial charge in [-0.05, 0) is 24.3 Å². The van der Waals surface area contributed by atoms with Gasteiger partial charge in [-0.2, -0.15) is 0 Å². The van der Waals surface area contributed by atoms with Gasteiger partial charge in [-0.3, -0.25) is 0 Å². The fraction of sp³-hybridized carbons (Fsp3) is 0.200. The molecular weight excluding hydrogens is 253 g/mol. The van der Waals surface area contributed by atoms with Crippen LogP contribution in [0.4, 0.5) is 5.69 Å². The normalized spacial score (nSPS) is 10.9. The Kier molecular flexibility index (Phi) is 2.95. The van der Waals surface area contributed by atoms with Gasteiger partial charge in [0.2, 0.25) is 5.36 Å². The number of hydrogen-bond donors (Lipinski definition) is 1. The molecule has 1 aromatic rings. The Balaban J connectivity index is 2.34. The number of fused-ring (bicyclic) bond motifs is 2. The smallest absolute Gasteiger partial charge is 0.201 e. The molecule has 0 atom stereocenters. The maximum absolute atomic E-state index is 4.72. The average molecular weight is 269 g/mol. The van der Waals surface area contributed by atoms with Gasteiger partial charge in [-0.1, -0.05) is 0 Å². The van der Waals surface area contributed by atoms with Gasteiger partial charge in [0.15, 0.2) is 0 Å². The number of nitrogens with zero attached hydrogens (tertiary/aromatic N) is 2. The first-order valence-electron chi connectivity index (χ1n) is 6.20. The van der Waals surface area contributed by atoms with E-state index in [2.05, 4.69) is 60.4 Å². The summed E-state index contributed by atoms with van der Waals surface area (Å²) >= 11 is 1.78. The van der Waals surface area contributed by atoms with E-state index >= 15 is 0 Å². The van der Waals surface area contributed by atoms with Crippen molar-refractivity contribution in [1.29, 1.82) is 0 Å². The Morgan fingerprint density at radius 1 is 1.11 bits per heavy atom. The number of benzene rings is 2. The number of rotatable bonds is 1. The van der Waals surface area contributed by atoms with Crippen molar-refractivity contribution in [3.8, 4) is 10.6 Å². The first-order valence-corrected chi connectivity index (χ1v) is 7.02. The van der Waals surface area contributed by atoms with E-state index in [-0.39, 0.29) is 0 Å². The second kappa shape index (κ2) is 4.63. The van der Waals surface area contributed by atoms with E-state index < -0.39 is 0 Å². The van der Waals surface area contributed by atoms with E-state index in [1.54, 1.807) is 11.3 Å². The van der Waals surface area contributed by atoms with E-state index in [1.807, 2.05) is 7.05 Å². The third-order valence-electron chi connectivity index (χ3n) is 3.17. The molecule has 1 heterocycles. The second-order valence-electron chi connectivity index (χ2n) is 4.69. The fourth-order valence-electron chi connectivity index (χ4n) is 2.05. The lowest BCUT2D eigenvalue weighted by Gasteiger charge is -2.07. The minimum Gasteiger partial charge on any atom is -0.388 e. The average Bonchev–Trinajstić information content (AvgIpc) is 2.43. The number of aromatic nitrogens is 1. The molecule has 1 aliphatic carbocycles. The highest BCUT2D eigenvalue weighted by Gasteiger charge is 2.08. The molecule has 1 N–H and O–H groups in total. The van der Waals surface area contributed by atoms with Crippen molar-refractivity contribution in [3.63, 3.8) is 0 Å². The zero-order chi connectivity index (χ0) is 13.4. The van der Waals surface area contributed by atoms with Crippen LogP contribution in [0.3, 0.4) is 0 Å². The first-order chi connectivity index (χ1) is 9.17. The molecule has 3 rings (SSSR count). The van der Waals surface area contributed by atoms with Crippen molar-refractivity contribution < 1.29 is 0 Å². The molecule has 0 radical (unpaired) electrons. The SMILES string of the molecule is C[N+](C)=c1ccc2nc3ccc(N[11CH3])cc3sc-2c1. The molecule has 1 aliphatic heterocycles. The minimum absolute atomic E-state index is 1.05. The largest absolute Gasteiger partial charge is 0.388 e. The van der Waals surface area contributed by atoms with Gasteiger partial charge in [-0.25, -0.2) is 9.56 Å². The topological polar surface area (TPSA) is 27.9 Å². The van der Waals surface area contributed by atoms with Crippen LogP contribution in [-0.2, 0) is 0 Å². The Morgan fingerprint density at radius 3 is 2.68 bits per heavy atom. The van der Waals surface area contributed by atoms with Crippen molar-refractivity contribution in [2.75, 3.05) is 26.5 Å². The lowest BCUT2D eigenvalue weighted by Crippen LogP contribution is -2.21. The summed E-state index contributed by atoms with van der Waals surface area (Å²) in [6.07, 6.45) is 0. The summed E-state index contributed by atoms with van der Waals surface area (Å²) in [4.78, 5) is 5.93. The van der Waals surface area contributed by atoms with Crippen LogP contribution >= 0.6 is 11.3 Å². The first kappa shape index (κ1) is 12.1. The highest BCUT2D eigenvalue weighted by molar-refractivity contribution is 7.21. The zero-order valence-electron chi connectivity index (χ0n) is 11.3. The molecule has 0 saturated heterocycles. The molecule has 0 fully saturated rings. The minimum atomic E-state index is 1.05. The van der Waals surface area contributed by atoms with Crippen LogP contribution < -0.4 is 15.2 Å². The molecular formula is C15H16N3S+. The van der Waals surface area contributed by atoms with Crippen molar-refractivity contribution in [2.45, 2.75) is 0 Å². The lowest BCUT2D eigenvalue weighted by atomic mass is 10.2. The van der Waals surface area contributed by atoms with Gasteiger partial charge >= 0.3 is 0 Å². The van der Waals surface area contributed by atoms with Crippen LogP contribution in [0, 0.1) is 0 Å². The molecule has 0 amide bonds. The maximum Gasteiger partial charge on any atom is 0.201 e. The molecule has 3 nitrogen and oxygen atoms in total. The molecule has 0 aromatic heterocycles. The Labute approximate surface area is 116 Å². The third-order valence-corrected chi connectivity index (χ3v) is 4.26. The Bertz CT molecular complexity index is 785. The van der Waals surface area contributed by atoms with E-state index in [4.69, 9.17) is 4.98 Å². The summed E-state index contributed by atoms with van der Waals surface area (Å²) in [5.74, 6) is 0. The zero-order valence-corrected chi connectivity index (χ0v) is 12.1. The van der Waals surface area contributed by atoms with Crippen molar-refractivity contribution in [1.82, 2.24) is 9.56 Å². The Morgan fingerprint density at radius 2 is 1.95 bits per heavy atom. The van der Waals surface area contributed by atoms with Crippen molar-refractivity contribution >= 4 is 27.2 Å². The molecule has 96 valence electrons. The van der Waals surface area contributed by atoms with Gasteiger partial charge in [0.05, 0.1) is 20.8 Å². The van der Waals surface area contributed by atoms with E-state index in [9.17, 15) is 0 Å². The van der Waals surface area contributed by atoms with Crippen LogP contribution in [0.5, 0.6) is 0 Å². The summed E-state index contributed by atoms with van der Waals surface area (Å²) in [5, 5.41) is 4.37. The number of anilines is 1. The van der Waals surface area contributed by atoms with Gasteiger partial charge in [0, 0.05) is 24.9 Å². The third kappa shape index (κ3) is 2.19. The van der Waals surface area contributed by atoms with E-state index in [1.165, 1.54) is 14.9 Å². The van der Waals surface area contributed by atoms with E-state index in [0.29, 0.717) is 0 Å². The summed E-state index contributed by atoms with van der Waals surface area (Å²) < 4.78 is 3.32. The van der Waals surface area contributed by atoms with Crippen molar-refractivity contribution in [3.05, 3.63) is 41.8 Å². The molecule has 0 unspecified atom stereocenters. The van der Waals surface area contributed by atoms with Crippen LogP contribution in [0.2, 0.25) is 0 Å². The molecule has 0 bridgehead atoms. The fourth-order valence-corrected chi connectivity index (χ4v) is 3.09. The maximum atomic E-state index is 4.72. The van der Waals surface area contributed by atoms with Gasteiger partial charge in [-0.15, -0.1) is 11.3 Å². The van der Waals surface area contributed by atoms with Gasteiger partial charge in [0.1, 0.15) is 14.1 Å². The molecule has 4 heteroatoms. The predicted molar refractivity (Wildman–Crippen MR) is 82.9 cm³/mol. The summed E-state index contributed by atoms with van der Waals surface area (Å²) in [6, 6.07) is 12.7. The quantitative estimate of drug-likeness (QED) is 0.543. The van der Waals surface area contributed by atoms with Gasteiger partial charge < -0.3 is 5.32 Å². The predicted octanol–water partition coefficient (Wildman–Crippen LogP) is 2.47. The Hall–Kier alpha value is -1.94. The van der Waals surface area contributed by atoms with Crippen molar-refractivity contribution in [2.24, 2.45) is 0 Å². The van der Waals surface area contributed by atoms with Crippen LogP contribution in [0.25, 0.3) is 20.8 Å². The molecule has 0 saturated carbocycles. The summed E-state index contributed by atoms with van der Waals surface area (Å²) in [6.45, 7) is 0. The molecule has 1 aromatic carbocycles. The van der Waals surface area contributed by atoms with E-state index in [0.717, 1.165) is 16.9 Å². The number of nitrogens with one attached hydrogen (secondary N) is 1. The standard InChI is InChI=1S/C15H15N3S/c1-16-10-4-6-12-14(8-10)19-15-9-11(18(2)3)5-7-13(15)17-12/h4-9H,1-3H3/p+1/i1-1. The summed E-state index contributed by atoms with van der Waals surface area (Å²) in [5.41, 5.74) is 3.23. The second-order valence-corrected chi connectivity index (χ2v) is 5.78. The molecule has 2 aliphatic rings. The number of hydrogen-bond acceptors (Lipinski definition) is 3. The molecule has 0 spiro atoms. The van der Waals surface area contributed by atoms with Gasteiger partial charge in [0.25, 0.3) is 0 Å². The highest BCUT2D eigenvalue weighted by atomic mass is 32.1. The lowest BCUT2D eigenvalue weighted by molar-refractivity contribution is 0.814. The monoisotopic (exact) mass is 269 g/mol. The van der Waals surface area contributed by atoms with Crippen LogP contribution in [0.1, 0.15) is 0 Å². The van der Waals surface area contributed by atoms with Crippen LogP contribution in [0.15, 0.2) is 36.4 Å². The van der Waals surface area contributed by atoms with Crippen LogP contribution in [-0.4, -0.2) is 26.1 Å². The highest BCUT2D eigenvalue weighted by Crippen LogP contribution is 2.30. The molecule has 19 heavy (non-hydrogen) atoms.